The van der Waals surface area contributed by atoms with Gasteiger partial charge in [0.15, 0.2) is 0 Å². The predicted octanol–water partition coefficient (Wildman–Crippen LogP) is 1.93. The quantitative estimate of drug-likeness (QED) is 0.437. The van der Waals surface area contributed by atoms with Gasteiger partial charge in [-0.1, -0.05) is 29.8 Å². The van der Waals surface area contributed by atoms with Crippen LogP contribution in [-0.2, 0) is 11.4 Å². The van der Waals surface area contributed by atoms with Crippen molar-refractivity contribution in [1.29, 1.82) is 0 Å². The third kappa shape index (κ3) is 3.80. The number of hydroxylamine groups is 1. The van der Waals surface area contributed by atoms with E-state index in [-0.39, 0.29) is 18.2 Å². The number of nitrogens with zero attached hydrogens (tertiary/aromatic N) is 1. The number of nitrogens with one attached hydrogen (secondary N) is 2. The molecule has 0 bridgehead atoms. The summed E-state index contributed by atoms with van der Waals surface area (Å²) in [6.45, 7) is 3.30. The van der Waals surface area contributed by atoms with Gasteiger partial charge in [-0.15, -0.1) is 0 Å². The maximum Gasteiger partial charge on any atom is 0.329 e. The second-order valence-electron chi connectivity index (χ2n) is 5.51. The van der Waals surface area contributed by atoms with E-state index >= 15 is 0 Å². The summed E-state index contributed by atoms with van der Waals surface area (Å²) >= 11 is 3.31. The Hall–Kier alpha value is -2.26. The highest BCUT2D eigenvalue weighted by molar-refractivity contribution is 9.10. The molecule has 130 valence electrons. The van der Waals surface area contributed by atoms with Gasteiger partial charge >= 0.3 is 5.69 Å². The van der Waals surface area contributed by atoms with Crippen molar-refractivity contribution in [3.8, 4) is 11.6 Å². The van der Waals surface area contributed by atoms with Crippen molar-refractivity contribution in [2.45, 2.75) is 26.5 Å². The molecule has 1 aromatic heterocycles. The number of ether oxygens (including phenoxy) is 1. The second kappa shape index (κ2) is 7.54. The number of aromatic hydroxyl groups is 1. The number of aromatic nitrogens is 2. The van der Waals surface area contributed by atoms with Crippen LogP contribution in [0.15, 0.2) is 33.5 Å². The van der Waals surface area contributed by atoms with Gasteiger partial charge < -0.3 is 14.8 Å². The van der Waals surface area contributed by atoms with Crippen LogP contribution in [-0.4, -0.2) is 25.8 Å². The van der Waals surface area contributed by atoms with Crippen LogP contribution in [0.3, 0.4) is 0 Å². The predicted molar refractivity (Wildman–Crippen MR) is 89.0 cm³/mol. The molecule has 0 radical (unpaired) electrons. The third-order valence-electron chi connectivity index (χ3n) is 3.46. The fraction of sp³-hybridized carbons (Fsp3) is 0.333. The summed E-state index contributed by atoms with van der Waals surface area (Å²) in [6.07, 6.45) is 0. The zero-order valence-corrected chi connectivity index (χ0v) is 14.7. The Kier molecular flexibility index (Phi) is 5.68. The van der Waals surface area contributed by atoms with Crippen molar-refractivity contribution in [3.05, 3.63) is 44.9 Å². The van der Waals surface area contributed by atoms with Gasteiger partial charge in [-0.3, -0.25) is 10.0 Å². The molecule has 0 spiro atoms. The first-order valence-electron chi connectivity index (χ1n) is 7.19. The fourth-order valence-corrected chi connectivity index (χ4v) is 2.58. The van der Waals surface area contributed by atoms with Gasteiger partial charge in [-0.25, -0.2) is 14.8 Å². The Balaban J connectivity index is 2.26. The highest BCUT2D eigenvalue weighted by atomic mass is 79.9. The summed E-state index contributed by atoms with van der Waals surface area (Å²) in [5.41, 5.74) is 0.988. The average molecular weight is 400 g/mol. The van der Waals surface area contributed by atoms with E-state index in [1.807, 2.05) is 0 Å². The number of carbonyl (C=O) groups is 1. The van der Waals surface area contributed by atoms with E-state index in [4.69, 9.17) is 9.94 Å². The van der Waals surface area contributed by atoms with E-state index in [1.165, 1.54) is 5.48 Å². The average Bonchev–Trinajstić information content (AvgIpc) is 2.82. The van der Waals surface area contributed by atoms with E-state index in [1.54, 1.807) is 38.1 Å². The number of H-pyrrole nitrogens is 1. The monoisotopic (exact) mass is 399 g/mol. The summed E-state index contributed by atoms with van der Waals surface area (Å²) in [7, 11) is 0. The third-order valence-corrected chi connectivity index (χ3v) is 3.99. The molecular formula is C15H18BrN3O5. The maximum absolute atomic E-state index is 12.1. The van der Waals surface area contributed by atoms with E-state index in [0.29, 0.717) is 5.75 Å². The van der Waals surface area contributed by atoms with Crippen LogP contribution >= 0.6 is 15.9 Å². The molecule has 24 heavy (non-hydrogen) atoms. The molecule has 4 N–H and O–H groups in total. The lowest BCUT2D eigenvalue weighted by atomic mass is 10.0. The topological polar surface area (TPSA) is 117 Å². The molecule has 1 aromatic carbocycles. The number of hydrogen-bond donors (Lipinski definition) is 4. The van der Waals surface area contributed by atoms with Crippen LogP contribution in [0.5, 0.6) is 11.6 Å². The van der Waals surface area contributed by atoms with Crippen molar-refractivity contribution in [1.82, 2.24) is 15.0 Å². The van der Waals surface area contributed by atoms with E-state index in [2.05, 4.69) is 20.9 Å². The number of aromatic amines is 1. The van der Waals surface area contributed by atoms with E-state index in [0.717, 1.165) is 9.04 Å². The number of rotatable bonds is 6. The Morgan fingerprint density at radius 1 is 1.38 bits per heavy atom. The number of halogens is 1. The summed E-state index contributed by atoms with van der Waals surface area (Å²) in [6, 6.07) is 5.99. The van der Waals surface area contributed by atoms with Gasteiger partial charge in [0.25, 0.3) is 5.91 Å². The van der Waals surface area contributed by atoms with E-state index in [9.17, 15) is 14.7 Å². The van der Waals surface area contributed by atoms with Crippen LogP contribution in [0.1, 0.15) is 25.6 Å². The molecule has 9 heteroatoms. The van der Waals surface area contributed by atoms with Crippen LogP contribution in [0.2, 0.25) is 0 Å². The van der Waals surface area contributed by atoms with Gasteiger partial charge in [0, 0.05) is 4.47 Å². The van der Waals surface area contributed by atoms with Crippen LogP contribution in [0.4, 0.5) is 0 Å². The van der Waals surface area contributed by atoms with Gasteiger partial charge in [-0.05, 0) is 30.2 Å². The SMILES string of the molecule is CC(C)C(C(=O)NO)n1c(O)c(COc2ccc(Br)cc2)[nH]c1=O. The van der Waals surface area contributed by atoms with Crippen molar-refractivity contribution >= 4 is 21.8 Å². The lowest BCUT2D eigenvalue weighted by Crippen LogP contribution is -2.37. The first kappa shape index (κ1) is 18.1. The minimum atomic E-state index is -1.06. The normalized spacial score (nSPS) is 12.2. The van der Waals surface area contributed by atoms with Gasteiger partial charge in [0.05, 0.1) is 0 Å². The Morgan fingerprint density at radius 2 is 2.00 bits per heavy atom. The van der Waals surface area contributed by atoms with Crippen molar-refractivity contribution in [2.24, 2.45) is 5.92 Å². The number of carbonyl (C=O) groups excluding carboxylic acids is 1. The number of imidazole rings is 1. The molecule has 1 amide bonds. The molecule has 1 atom stereocenters. The maximum atomic E-state index is 12.1. The zero-order chi connectivity index (χ0) is 17.9. The first-order chi connectivity index (χ1) is 11.3. The van der Waals surface area contributed by atoms with E-state index < -0.39 is 23.5 Å². The summed E-state index contributed by atoms with van der Waals surface area (Å²) in [5, 5.41) is 19.1. The molecule has 0 saturated heterocycles. The molecule has 1 heterocycles. The lowest BCUT2D eigenvalue weighted by Gasteiger charge is -2.19. The highest BCUT2D eigenvalue weighted by Crippen LogP contribution is 2.25. The molecule has 0 fully saturated rings. The van der Waals surface area contributed by atoms with Gasteiger partial charge in [0.1, 0.15) is 24.1 Å². The largest absolute Gasteiger partial charge is 0.493 e. The standard InChI is InChI=1S/C15H18BrN3O5/c1-8(2)12(13(20)18-23)19-14(21)11(17-15(19)22)7-24-10-5-3-9(16)4-6-10/h3-6,8,12,21,23H,7H2,1-2H3,(H,17,22)(H,18,20). The zero-order valence-electron chi connectivity index (χ0n) is 13.1. The van der Waals surface area contributed by atoms with Crippen LogP contribution < -0.4 is 15.9 Å². The molecule has 0 aliphatic carbocycles. The Bertz CT molecular complexity index is 766. The Labute approximate surface area is 146 Å². The van der Waals surface area contributed by atoms with Crippen molar-refractivity contribution < 1.29 is 19.8 Å². The smallest absolute Gasteiger partial charge is 0.329 e. The number of benzene rings is 1. The van der Waals surface area contributed by atoms with Gasteiger partial charge in [-0.2, -0.15) is 0 Å². The Morgan fingerprint density at radius 3 is 2.54 bits per heavy atom. The molecular weight excluding hydrogens is 382 g/mol. The highest BCUT2D eigenvalue weighted by Gasteiger charge is 2.29. The summed E-state index contributed by atoms with van der Waals surface area (Å²) in [4.78, 5) is 26.4. The molecule has 2 rings (SSSR count). The molecule has 8 nitrogen and oxygen atoms in total. The van der Waals surface area contributed by atoms with Crippen LogP contribution in [0.25, 0.3) is 0 Å². The number of hydrogen-bond acceptors (Lipinski definition) is 5. The lowest BCUT2D eigenvalue weighted by molar-refractivity contribution is -0.134. The number of amides is 1. The molecule has 2 aromatic rings. The first-order valence-corrected chi connectivity index (χ1v) is 7.99. The molecule has 0 aliphatic rings. The summed E-state index contributed by atoms with van der Waals surface area (Å²) < 4.78 is 7.30. The minimum absolute atomic E-state index is 0.0821. The minimum Gasteiger partial charge on any atom is -0.493 e. The van der Waals surface area contributed by atoms with Gasteiger partial charge in [0.2, 0.25) is 5.88 Å². The molecule has 0 saturated carbocycles. The fourth-order valence-electron chi connectivity index (χ4n) is 2.32. The van der Waals surface area contributed by atoms with Crippen molar-refractivity contribution in [2.75, 3.05) is 0 Å². The second-order valence-corrected chi connectivity index (χ2v) is 6.43. The molecule has 1 unspecified atom stereocenters. The summed E-state index contributed by atoms with van der Waals surface area (Å²) in [5.74, 6) is -0.974. The van der Waals surface area contributed by atoms with Crippen molar-refractivity contribution in [3.63, 3.8) is 0 Å². The molecule has 0 aliphatic heterocycles. The van der Waals surface area contributed by atoms with Crippen LogP contribution in [0, 0.1) is 5.92 Å².